The lowest BCUT2D eigenvalue weighted by Crippen LogP contribution is -2.43. The standard InChI is InChI=1S/C39H77N3O3/c1-4-7-9-11-13-23-32-42(33-24-14-12-10-8-5-2)39(44)45-37-26-18-21-30-40(29-6-3)34-35-41(31-22-15-16-25-36-43)38-27-19-17-20-28-38/h36,38H,4-35,37H2,1-3H3. The van der Waals surface area contributed by atoms with Gasteiger partial charge in [-0.15, -0.1) is 0 Å². The van der Waals surface area contributed by atoms with E-state index in [4.69, 9.17) is 4.74 Å². The average molecular weight is 636 g/mol. The molecule has 1 rings (SSSR count). The summed E-state index contributed by atoms with van der Waals surface area (Å²) in [6.07, 6.45) is 31.4. The van der Waals surface area contributed by atoms with Crippen LogP contribution in [0.5, 0.6) is 0 Å². The number of ether oxygens (including phenoxy) is 1. The Balaban J connectivity index is 2.38. The summed E-state index contributed by atoms with van der Waals surface area (Å²) in [5, 5.41) is 0. The highest BCUT2D eigenvalue weighted by Crippen LogP contribution is 2.23. The van der Waals surface area contributed by atoms with Gasteiger partial charge in [0, 0.05) is 38.6 Å². The van der Waals surface area contributed by atoms with Crippen LogP contribution in [-0.4, -0.2) is 85.5 Å². The molecule has 1 amide bonds. The van der Waals surface area contributed by atoms with E-state index in [1.807, 2.05) is 4.90 Å². The van der Waals surface area contributed by atoms with Crippen molar-refractivity contribution in [1.82, 2.24) is 14.7 Å². The first-order chi connectivity index (χ1) is 22.2. The third-order valence-corrected chi connectivity index (χ3v) is 9.77. The summed E-state index contributed by atoms with van der Waals surface area (Å²) in [4.78, 5) is 31.1. The van der Waals surface area contributed by atoms with Crippen molar-refractivity contribution in [2.24, 2.45) is 0 Å². The Bertz CT molecular complexity index is 639. The van der Waals surface area contributed by atoms with Crippen LogP contribution >= 0.6 is 0 Å². The Hall–Kier alpha value is -1.14. The molecule has 0 spiro atoms. The van der Waals surface area contributed by atoms with Gasteiger partial charge in [0.15, 0.2) is 0 Å². The molecule has 45 heavy (non-hydrogen) atoms. The van der Waals surface area contributed by atoms with Crippen molar-refractivity contribution in [2.75, 3.05) is 52.4 Å². The fourth-order valence-electron chi connectivity index (χ4n) is 6.89. The molecule has 0 aromatic rings. The zero-order valence-corrected chi connectivity index (χ0v) is 30.6. The molecule has 1 aliphatic rings. The highest BCUT2D eigenvalue weighted by atomic mass is 16.6. The molecule has 0 bridgehead atoms. The van der Waals surface area contributed by atoms with Crippen LogP contribution in [0.3, 0.4) is 0 Å². The minimum atomic E-state index is -0.0845. The molecule has 0 aliphatic heterocycles. The molecule has 0 N–H and O–H groups in total. The van der Waals surface area contributed by atoms with Crippen LogP contribution in [0.4, 0.5) is 4.79 Å². The first kappa shape index (κ1) is 41.9. The van der Waals surface area contributed by atoms with Gasteiger partial charge in [-0.3, -0.25) is 4.90 Å². The minimum Gasteiger partial charge on any atom is -0.449 e. The van der Waals surface area contributed by atoms with E-state index in [9.17, 15) is 9.59 Å². The predicted octanol–water partition coefficient (Wildman–Crippen LogP) is 10.4. The highest BCUT2D eigenvalue weighted by molar-refractivity contribution is 5.67. The van der Waals surface area contributed by atoms with Gasteiger partial charge in [-0.25, -0.2) is 4.79 Å². The van der Waals surface area contributed by atoms with E-state index in [1.54, 1.807) is 0 Å². The first-order valence-corrected chi connectivity index (χ1v) is 20.0. The summed E-state index contributed by atoms with van der Waals surface area (Å²) in [7, 11) is 0. The van der Waals surface area contributed by atoms with Gasteiger partial charge in [-0.05, 0) is 83.8 Å². The average Bonchev–Trinajstić information content (AvgIpc) is 3.06. The van der Waals surface area contributed by atoms with Gasteiger partial charge in [-0.2, -0.15) is 0 Å². The van der Waals surface area contributed by atoms with E-state index in [0.717, 1.165) is 70.6 Å². The maximum absolute atomic E-state index is 13.0. The smallest absolute Gasteiger partial charge is 0.409 e. The third-order valence-electron chi connectivity index (χ3n) is 9.77. The molecule has 0 aromatic carbocycles. The number of hydrogen-bond acceptors (Lipinski definition) is 5. The molecule has 0 radical (unpaired) electrons. The van der Waals surface area contributed by atoms with E-state index < -0.39 is 0 Å². The van der Waals surface area contributed by atoms with E-state index in [0.29, 0.717) is 13.0 Å². The van der Waals surface area contributed by atoms with Crippen LogP contribution < -0.4 is 0 Å². The van der Waals surface area contributed by atoms with Crippen molar-refractivity contribution in [3.8, 4) is 0 Å². The Kier molecular flexibility index (Phi) is 29.3. The number of unbranched alkanes of at least 4 members (excludes halogenated alkanes) is 15. The van der Waals surface area contributed by atoms with Crippen molar-refractivity contribution in [1.29, 1.82) is 0 Å². The molecule has 6 nitrogen and oxygen atoms in total. The van der Waals surface area contributed by atoms with Crippen molar-refractivity contribution < 1.29 is 14.3 Å². The highest BCUT2D eigenvalue weighted by Gasteiger charge is 2.21. The molecular formula is C39H77N3O3. The predicted molar refractivity (Wildman–Crippen MR) is 193 cm³/mol. The summed E-state index contributed by atoms with van der Waals surface area (Å²) in [5.74, 6) is 0. The van der Waals surface area contributed by atoms with Crippen molar-refractivity contribution in [3.63, 3.8) is 0 Å². The summed E-state index contributed by atoms with van der Waals surface area (Å²) in [6, 6.07) is 0.754. The summed E-state index contributed by atoms with van der Waals surface area (Å²) < 4.78 is 5.81. The molecule has 1 fully saturated rings. The monoisotopic (exact) mass is 636 g/mol. The van der Waals surface area contributed by atoms with Gasteiger partial charge < -0.3 is 19.3 Å². The van der Waals surface area contributed by atoms with Crippen LogP contribution in [0.25, 0.3) is 0 Å². The molecule has 1 saturated carbocycles. The number of hydrogen-bond donors (Lipinski definition) is 0. The lowest BCUT2D eigenvalue weighted by molar-refractivity contribution is -0.107. The zero-order chi connectivity index (χ0) is 32.6. The normalized spacial score (nSPS) is 14.0. The van der Waals surface area contributed by atoms with Crippen LogP contribution in [-0.2, 0) is 9.53 Å². The topological polar surface area (TPSA) is 53.1 Å². The van der Waals surface area contributed by atoms with Gasteiger partial charge in [-0.1, -0.05) is 111 Å². The molecule has 0 heterocycles. The van der Waals surface area contributed by atoms with Crippen LogP contribution in [0.1, 0.15) is 181 Å². The largest absolute Gasteiger partial charge is 0.449 e. The lowest BCUT2D eigenvalue weighted by Gasteiger charge is -2.36. The van der Waals surface area contributed by atoms with Crippen LogP contribution in [0.15, 0.2) is 0 Å². The Morgan fingerprint density at radius 2 is 1.13 bits per heavy atom. The number of carbonyl (C=O) groups excluding carboxylic acids is 2. The fourth-order valence-corrected chi connectivity index (χ4v) is 6.89. The molecular weight excluding hydrogens is 558 g/mol. The van der Waals surface area contributed by atoms with E-state index >= 15 is 0 Å². The minimum absolute atomic E-state index is 0.0845. The summed E-state index contributed by atoms with van der Waals surface area (Å²) in [5.41, 5.74) is 0. The summed E-state index contributed by atoms with van der Waals surface area (Å²) >= 11 is 0. The van der Waals surface area contributed by atoms with Gasteiger partial charge in [0.2, 0.25) is 0 Å². The molecule has 0 saturated heterocycles. The number of rotatable bonds is 32. The van der Waals surface area contributed by atoms with Crippen molar-refractivity contribution in [3.05, 3.63) is 0 Å². The molecule has 0 aromatic heterocycles. The Morgan fingerprint density at radius 1 is 0.578 bits per heavy atom. The second-order valence-electron chi connectivity index (χ2n) is 13.9. The fraction of sp³-hybridized carbons (Fsp3) is 0.949. The van der Waals surface area contributed by atoms with Crippen molar-refractivity contribution >= 4 is 12.4 Å². The maximum atomic E-state index is 13.0. The molecule has 0 unspecified atom stereocenters. The van der Waals surface area contributed by atoms with Crippen LogP contribution in [0, 0.1) is 0 Å². The number of nitrogens with zero attached hydrogens (tertiary/aromatic N) is 3. The van der Waals surface area contributed by atoms with Gasteiger partial charge in [0.1, 0.15) is 6.29 Å². The first-order valence-electron chi connectivity index (χ1n) is 20.0. The number of carbonyl (C=O) groups is 2. The Morgan fingerprint density at radius 3 is 1.76 bits per heavy atom. The summed E-state index contributed by atoms with van der Waals surface area (Å²) in [6.45, 7) is 14.9. The second kappa shape index (κ2) is 31.5. The number of amides is 1. The van der Waals surface area contributed by atoms with E-state index in [-0.39, 0.29) is 6.09 Å². The van der Waals surface area contributed by atoms with Gasteiger partial charge >= 0.3 is 6.09 Å². The third kappa shape index (κ3) is 23.8. The molecule has 0 atom stereocenters. The molecule has 266 valence electrons. The molecule has 1 aliphatic carbocycles. The quantitative estimate of drug-likeness (QED) is 0.0544. The van der Waals surface area contributed by atoms with Crippen molar-refractivity contribution in [2.45, 2.75) is 187 Å². The SMILES string of the molecule is CCCCCCCCN(CCCCCCCC)C(=O)OCCCCCN(CCC)CCN(CCCCCC=O)C1CCCCC1. The second-order valence-corrected chi connectivity index (χ2v) is 13.9. The van der Waals surface area contributed by atoms with E-state index in [1.165, 1.54) is 142 Å². The van der Waals surface area contributed by atoms with E-state index in [2.05, 4.69) is 30.6 Å². The molecule has 6 heteroatoms. The lowest BCUT2D eigenvalue weighted by atomic mass is 9.94. The van der Waals surface area contributed by atoms with Gasteiger partial charge in [0.05, 0.1) is 6.61 Å². The van der Waals surface area contributed by atoms with Crippen LogP contribution in [0.2, 0.25) is 0 Å². The van der Waals surface area contributed by atoms with Gasteiger partial charge in [0.25, 0.3) is 0 Å². The Labute approximate surface area is 280 Å². The number of aldehydes is 1. The maximum Gasteiger partial charge on any atom is 0.409 e. The zero-order valence-electron chi connectivity index (χ0n) is 30.6.